The molecule has 0 bridgehead atoms. The van der Waals surface area contributed by atoms with E-state index in [0.29, 0.717) is 6.42 Å². The van der Waals surface area contributed by atoms with Crippen molar-refractivity contribution in [1.29, 1.82) is 0 Å². The molecule has 230 valence electrons. The van der Waals surface area contributed by atoms with Crippen molar-refractivity contribution in [2.24, 2.45) is 28.1 Å². The summed E-state index contributed by atoms with van der Waals surface area (Å²) in [6, 6.07) is 0. The van der Waals surface area contributed by atoms with Gasteiger partial charge in [0.15, 0.2) is 5.79 Å². The average Bonchev–Trinajstić information content (AvgIpc) is 2.84. The summed E-state index contributed by atoms with van der Waals surface area (Å²) in [7, 11) is 0. The summed E-state index contributed by atoms with van der Waals surface area (Å²) in [5.41, 5.74) is -8.87. The summed E-state index contributed by atoms with van der Waals surface area (Å²) < 4.78 is 12.5. The molecule has 7 N–H and O–H groups in total. The van der Waals surface area contributed by atoms with Crippen LogP contribution in [0.25, 0.3) is 0 Å². The standard InChI is InChI=1S/C31H52O9/c1-10-24(2)12-11-19-18(14-24)13-20(33)22-25(19,3)15-21(34)23(35)26(22,4)17-39-31(9)30(8,38)29(7,37)28(6,36)27(5,16-32)40-31/h10,13,19-23,32-38H,1,11-12,14-17H2,2-9H3/t19-,20+,21+,22?,23-,24-,25+,26+,27+,28+,29-,30-,31+/m0/s1. The molecule has 1 saturated heterocycles. The van der Waals surface area contributed by atoms with Crippen molar-refractivity contribution < 1.29 is 45.2 Å². The first kappa shape index (κ1) is 32.0. The fourth-order valence-electron chi connectivity index (χ4n) is 8.84. The van der Waals surface area contributed by atoms with Gasteiger partial charge in [-0.05, 0) is 77.0 Å². The molecule has 9 heteroatoms. The second kappa shape index (κ2) is 9.31. The van der Waals surface area contributed by atoms with E-state index in [9.17, 15) is 35.7 Å². The Hall–Kier alpha value is -0.880. The third-order valence-electron chi connectivity index (χ3n) is 12.4. The largest absolute Gasteiger partial charge is 0.393 e. The van der Waals surface area contributed by atoms with E-state index in [-0.39, 0.29) is 17.9 Å². The zero-order valence-corrected chi connectivity index (χ0v) is 25.4. The van der Waals surface area contributed by atoms with Gasteiger partial charge in [0.05, 0.1) is 31.5 Å². The van der Waals surface area contributed by atoms with Crippen LogP contribution in [0.3, 0.4) is 0 Å². The lowest BCUT2D eigenvalue weighted by Crippen LogP contribution is -2.85. The van der Waals surface area contributed by atoms with E-state index in [1.807, 2.05) is 12.2 Å². The monoisotopic (exact) mass is 568 g/mol. The topological polar surface area (TPSA) is 160 Å². The summed E-state index contributed by atoms with van der Waals surface area (Å²) >= 11 is 0. The Morgan fingerprint density at radius 3 is 2.12 bits per heavy atom. The van der Waals surface area contributed by atoms with Crippen molar-refractivity contribution in [3.05, 3.63) is 24.3 Å². The predicted octanol–water partition coefficient (Wildman–Crippen LogP) is 1.80. The second-order valence-electron chi connectivity index (χ2n) is 15.0. The molecular weight excluding hydrogens is 516 g/mol. The van der Waals surface area contributed by atoms with Gasteiger partial charge < -0.3 is 45.2 Å². The smallest absolute Gasteiger partial charge is 0.197 e. The third-order valence-corrected chi connectivity index (χ3v) is 12.4. The number of aliphatic hydroxyl groups excluding tert-OH is 4. The van der Waals surface area contributed by atoms with E-state index in [4.69, 9.17) is 9.47 Å². The zero-order chi connectivity index (χ0) is 30.5. The van der Waals surface area contributed by atoms with Gasteiger partial charge in [-0.15, -0.1) is 6.58 Å². The van der Waals surface area contributed by atoms with Crippen molar-refractivity contribution in [3.63, 3.8) is 0 Å². The van der Waals surface area contributed by atoms with E-state index in [1.165, 1.54) is 34.6 Å². The Labute approximate surface area is 238 Å². The minimum atomic E-state index is -2.20. The van der Waals surface area contributed by atoms with Crippen molar-refractivity contribution in [1.82, 2.24) is 0 Å². The van der Waals surface area contributed by atoms with Gasteiger partial charge in [-0.3, -0.25) is 0 Å². The van der Waals surface area contributed by atoms with Crippen molar-refractivity contribution in [3.8, 4) is 0 Å². The summed E-state index contributed by atoms with van der Waals surface area (Å²) in [6.45, 7) is 15.8. The molecule has 0 aromatic rings. The molecule has 4 rings (SSSR count). The highest BCUT2D eigenvalue weighted by Gasteiger charge is 2.75. The number of allylic oxidation sites excluding steroid dienone is 2. The summed E-state index contributed by atoms with van der Waals surface area (Å²) in [5, 5.41) is 78.9. The summed E-state index contributed by atoms with van der Waals surface area (Å²) in [5.74, 6) is -2.38. The maximum atomic E-state index is 11.7. The van der Waals surface area contributed by atoms with E-state index < -0.39 is 69.9 Å². The lowest BCUT2D eigenvalue weighted by Gasteiger charge is -2.66. The SMILES string of the molecule is C=C[C@@]1(C)CC[C@H]2C(=C[C@@H](O)C3[C@]2(C)C[C@@H](O)[C@H](O)[C@]3(C)CO[C@]2(C)O[C@](C)(CO)[C@@](C)(O)[C@](C)(O)[C@]2(C)O)C1. The Balaban J connectivity index is 1.74. The quantitative estimate of drug-likeness (QED) is 0.245. The van der Waals surface area contributed by atoms with Crippen LogP contribution in [0.1, 0.15) is 81.1 Å². The average molecular weight is 569 g/mol. The first-order chi connectivity index (χ1) is 18.0. The van der Waals surface area contributed by atoms with Crippen LogP contribution in [0.15, 0.2) is 24.3 Å². The molecular formula is C31H52O9. The molecule has 1 unspecified atom stereocenters. The molecule has 9 nitrogen and oxygen atoms in total. The third kappa shape index (κ3) is 3.99. The molecule has 0 aromatic heterocycles. The van der Waals surface area contributed by atoms with Gasteiger partial charge in [0.2, 0.25) is 0 Å². The molecule has 4 aliphatic rings. The van der Waals surface area contributed by atoms with Gasteiger partial charge in [0.25, 0.3) is 0 Å². The van der Waals surface area contributed by atoms with Crippen LogP contribution in [0.2, 0.25) is 0 Å². The number of fused-ring (bicyclic) bond motifs is 3. The zero-order valence-electron chi connectivity index (χ0n) is 25.4. The lowest BCUT2D eigenvalue weighted by molar-refractivity contribution is -0.461. The number of rotatable bonds is 5. The molecule has 0 amide bonds. The minimum absolute atomic E-state index is 0.0690. The van der Waals surface area contributed by atoms with Gasteiger partial charge in [0.1, 0.15) is 22.4 Å². The van der Waals surface area contributed by atoms with E-state index in [1.54, 1.807) is 6.92 Å². The fraction of sp³-hybridized carbons (Fsp3) is 0.871. The molecule has 0 spiro atoms. The number of ether oxygens (including phenoxy) is 2. The first-order valence-electron chi connectivity index (χ1n) is 14.5. The predicted molar refractivity (Wildman–Crippen MR) is 149 cm³/mol. The minimum Gasteiger partial charge on any atom is -0.393 e. The highest BCUT2D eigenvalue weighted by molar-refractivity contribution is 5.29. The van der Waals surface area contributed by atoms with Gasteiger partial charge in [-0.25, -0.2) is 0 Å². The molecule has 13 atom stereocenters. The van der Waals surface area contributed by atoms with Crippen molar-refractivity contribution in [2.45, 2.75) is 128 Å². The van der Waals surface area contributed by atoms with E-state index in [2.05, 4.69) is 20.4 Å². The second-order valence-corrected chi connectivity index (χ2v) is 15.0. The Morgan fingerprint density at radius 1 is 0.975 bits per heavy atom. The van der Waals surface area contributed by atoms with Crippen LogP contribution in [0.4, 0.5) is 0 Å². The normalized spacial score (nSPS) is 58.5. The Bertz CT molecular complexity index is 1050. The van der Waals surface area contributed by atoms with Crippen LogP contribution in [-0.2, 0) is 9.47 Å². The molecule has 2 saturated carbocycles. The molecule has 0 radical (unpaired) electrons. The number of hydrogen-bond acceptors (Lipinski definition) is 9. The Morgan fingerprint density at radius 2 is 1.57 bits per heavy atom. The maximum Gasteiger partial charge on any atom is 0.197 e. The first-order valence-corrected chi connectivity index (χ1v) is 14.5. The molecule has 1 heterocycles. The Kier molecular flexibility index (Phi) is 7.46. The molecule has 0 aromatic carbocycles. The van der Waals surface area contributed by atoms with Crippen LogP contribution >= 0.6 is 0 Å². The highest BCUT2D eigenvalue weighted by Crippen LogP contribution is 2.64. The van der Waals surface area contributed by atoms with E-state index >= 15 is 0 Å². The van der Waals surface area contributed by atoms with Crippen LogP contribution in [-0.4, -0.2) is 95.5 Å². The van der Waals surface area contributed by atoms with Gasteiger partial charge >= 0.3 is 0 Å². The van der Waals surface area contributed by atoms with Crippen molar-refractivity contribution >= 4 is 0 Å². The molecule has 40 heavy (non-hydrogen) atoms. The maximum absolute atomic E-state index is 11.7. The molecule has 3 aliphatic carbocycles. The highest BCUT2D eigenvalue weighted by atomic mass is 16.7. The van der Waals surface area contributed by atoms with Crippen molar-refractivity contribution in [2.75, 3.05) is 13.2 Å². The summed E-state index contributed by atoms with van der Waals surface area (Å²) in [6.07, 6.45) is 3.48. The van der Waals surface area contributed by atoms with Gasteiger partial charge in [-0.2, -0.15) is 0 Å². The fourth-order valence-corrected chi connectivity index (χ4v) is 8.84. The van der Waals surface area contributed by atoms with E-state index in [0.717, 1.165) is 24.8 Å². The van der Waals surface area contributed by atoms with Crippen LogP contribution in [0, 0.1) is 28.1 Å². The van der Waals surface area contributed by atoms with Gasteiger partial charge in [-0.1, -0.05) is 38.5 Å². The molecule has 3 fully saturated rings. The number of aliphatic hydroxyl groups is 7. The summed E-state index contributed by atoms with van der Waals surface area (Å²) in [4.78, 5) is 0. The van der Waals surface area contributed by atoms with Crippen LogP contribution < -0.4 is 0 Å². The van der Waals surface area contributed by atoms with Crippen LogP contribution in [0.5, 0.6) is 0 Å². The lowest BCUT2D eigenvalue weighted by atomic mass is 9.44. The molecule has 1 aliphatic heterocycles. The van der Waals surface area contributed by atoms with Gasteiger partial charge in [0, 0.05) is 11.3 Å². The number of hydrogen-bond donors (Lipinski definition) is 7.